The molecule has 1 atom stereocenters. The van der Waals surface area contributed by atoms with Gasteiger partial charge in [-0.1, -0.05) is 18.2 Å². The lowest BCUT2D eigenvalue weighted by molar-refractivity contribution is 0.405. The van der Waals surface area contributed by atoms with Gasteiger partial charge in [0.25, 0.3) is 0 Å². The van der Waals surface area contributed by atoms with Gasteiger partial charge in [0.05, 0.1) is 18.7 Å². The Morgan fingerprint density at radius 3 is 2.81 bits per heavy atom. The second-order valence-electron chi connectivity index (χ2n) is 3.37. The maximum Gasteiger partial charge on any atom is 0.124 e. The predicted molar refractivity (Wildman–Crippen MR) is 66.0 cm³/mol. The van der Waals surface area contributed by atoms with Gasteiger partial charge >= 0.3 is 0 Å². The molecule has 1 unspecified atom stereocenters. The topological polar surface area (TPSA) is 34.2 Å². The van der Waals surface area contributed by atoms with Crippen molar-refractivity contribution in [2.45, 2.75) is 6.04 Å². The highest BCUT2D eigenvalue weighted by Gasteiger charge is 2.16. The quantitative estimate of drug-likeness (QED) is 0.882. The first-order valence-corrected chi connectivity index (χ1v) is 5.93. The molecule has 1 heterocycles. The van der Waals surface area contributed by atoms with E-state index in [4.69, 9.17) is 4.74 Å². The summed E-state index contributed by atoms with van der Waals surface area (Å²) in [5.41, 5.74) is 2.98. The summed E-state index contributed by atoms with van der Waals surface area (Å²) in [6.45, 7) is 0. The van der Waals surface area contributed by atoms with Gasteiger partial charge in [-0.05, 0) is 13.1 Å². The molecule has 0 bridgehead atoms. The summed E-state index contributed by atoms with van der Waals surface area (Å²) in [6.07, 6.45) is 1.89. The summed E-state index contributed by atoms with van der Waals surface area (Å²) >= 11 is 1.64. The molecule has 0 amide bonds. The van der Waals surface area contributed by atoms with Crippen molar-refractivity contribution < 1.29 is 4.74 Å². The maximum absolute atomic E-state index is 5.37. The molecule has 0 saturated carbocycles. The molecule has 0 aliphatic carbocycles. The Morgan fingerprint density at radius 1 is 1.38 bits per heavy atom. The molecule has 1 aromatic carbocycles. The van der Waals surface area contributed by atoms with Crippen molar-refractivity contribution in [1.82, 2.24) is 10.3 Å². The number of methoxy groups -OCH3 is 1. The standard InChI is InChI=1S/C12H14N2OS/c1-13-12(11-7-14-8-16-11)9-5-3-4-6-10(9)15-2/h3-8,12-13H,1-2H3. The third-order valence-electron chi connectivity index (χ3n) is 2.47. The minimum Gasteiger partial charge on any atom is -0.496 e. The van der Waals surface area contributed by atoms with E-state index in [1.807, 2.05) is 37.0 Å². The van der Waals surface area contributed by atoms with Gasteiger partial charge in [-0.15, -0.1) is 11.3 Å². The van der Waals surface area contributed by atoms with Crippen molar-refractivity contribution >= 4 is 11.3 Å². The van der Waals surface area contributed by atoms with E-state index in [0.717, 1.165) is 11.3 Å². The summed E-state index contributed by atoms with van der Waals surface area (Å²) in [6, 6.07) is 8.18. The van der Waals surface area contributed by atoms with Crippen LogP contribution >= 0.6 is 11.3 Å². The van der Waals surface area contributed by atoms with Crippen LogP contribution in [0.1, 0.15) is 16.5 Å². The summed E-state index contributed by atoms with van der Waals surface area (Å²) in [7, 11) is 3.63. The fraction of sp³-hybridized carbons (Fsp3) is 0.250. The van der Waals surface area contributed by atoms with Crippen LogP contribution in [0.5, 0.6) is 5.75 Å². The van der Waals surface area contributed by atoms with E-state index >= 15 is 0 Å². The number of thiazole rings is 1. The predicted octanol–water partition coefficient (Wildman–Crippen LogP) is 2.46. The minimum absolute atomic E-state index is 0.142. The molecule has 0 fully saturated rings. The molecule has 2 aromatic rings. The molecule has 0 radical (unpaired) electrons. The van der Waals surface area contributed by atoms with Crippen LogP contribution in [-0.4, -0.2) is 19.1 Å². The molecule has 0 spiro atoms. The zero-order valence-electron chi connectivity index (χ0n) is 9.31. The van der Waals surface area contributed by atoms with Gasteiger partial charge in [0.15, 0.2) is 0 Å². The fourth-order valence-corrected chi connectivity index (χ4v) is 2.47. The van der Waals surface area contributed by atoms with Gasteiger partial charge in [0.1, 0.15) is 5.75 Å². The van der Waals surface area contributed by atoms with Crippen LogP contribution in [0.25, 0.3) is 0 Å². The fourth-order valence-electron chi connectivity index (χ4n) is 1.72. The van der Waals surface area contributed by atoms with Crippen molar-refractivity contribution in [3.63, 3.8) is 0 Å². The van der Waals surface area contributed by atoms with Gasteiger partial charge in [0.2, 0.25) is 0 Å². The van der Waals surface area contributed by atoms with Crippen LogP contribution in [-0.2, 0) is 0 Å². The largest absolute Gasteiger partial charge is 0.496 e. The van der Waals surface area contributed by atoms with Crippen molar-refractivity contribution in [3.05, 3.63) is 46.4 Å². The highest BCUT2D eigenvalue weighted by Crippen LogP contribution is 2.30. The zero-order valence-corrected chi connectivity index (χ0v) is 10.1. The average Bonchev–Trinajstić information content (AvgIpc) is 2.84. The van der Waals surface area contributed by atoms with Gasteiger partial charge < -0.3 is 10.1 Å². The first kappa shape index (κ1) is 11.1. The highest BCUT2D eigenvalue weighted by atomic mass is 32.1. The molecular weight excluding hydrogens is 220 g/mol. The highest BCUT2D eigenvalue weighted by molar-refractivity contribution is 7.09. The number of rotatable bonds is 4. The van der Waals surface area contributed by atoms with Crippen LogP contribution < -0.4 is 10.1 Å². The van der Waals surface area contributed by atoms with Crippen LogP contribution in [0.2, 0.25) is 0 Å². The van der Waals surface area contributed by atoms with Gasteiger partial charge in [-0.2, -0.15) is 0 Å². The van der Waals surface area contributed by atoms with E-state index in [-0.39, 0.29) is 6.04 Å². The van der Waals surface area contributed by atoms with E-state index in [9.17, 15) is 0 Å². The second-order valence-corrected chi connectivity index (χ2v) is 4.29. The first-order valence-electron chi connectivity index (χ1n) is 5.05. The lowest BCUT2D eigenvalue weighted by Gasteiger charge is -2.17. The van der Waals surface area contributed by atoms with Crippen molar-refractivity contribution in [1.29, 1.82) is 0 Å². The number of nitrogens with one attached hydrogen (secondary N) is 1. The lowest BCUT2D eigenvalue weighted by Crippen LogP contribution is -2.17. The number of benzene rings is 1. The smallest absolute Gasteiger partial charge is 0.124 e. The monoisotopic (exact) mass is 234 g/mol. The van der Waals surface area contributed by atoms with Gasteiger partial charge in [0, 0.05) is 16.6 Å². The molecule has 16 heavy (non-hydrogen) atoms. The number of aromatic nitrogens is 1. The molecule has 1 N–H and O–H groups in total. The van der Waals surface area contributed by atoms with Crippen molar-refractivity contribution in [2.75, 3.05) is 14.2 Å². The lowest BCUT2D eigenvalue weighted by atomic mass is 10.1. The number of hydrogen-bond acceptors (Lipinski definition) is 4. The van der Waals surface area contributed by atoms with Gasteiger partial charge in [-0.25, -0.2) is 0 Å². The number of ether oxygens (including phenoxy) is 1. The van der Waals surface area contributed by atoms with E-state index in [1.165, 1.54) is 4.88 Å². The molecule has 3 nitrogen and oxygen atoms in total. The minimum atomic E-state index is 0.142. The van der Waals surface area contributed by atoms with E-state index in [2.05, 4.69) is 16.4 Å². The maximum atomic E-state index is 5.37. The second kappa shape index (κ2) is 5.09. The number of hydrogen-bond donors (Lipinski definition) is 1. The Balaban J connectivity index is 2.41. The summed E-state index contributed by atoms with van der Waals surface area (Å²) in [4.78, 5) is 5.30. The molecule has 4 heteroatoms. The van der Waals surface area contributed by atoms with Gasteiger partial charge in [-0.3, -0.25) is 4.98 Å². The van der Waals surface area contributed by atoms with E-state index < -0.39 is 0 Å². The van der Waals surface area contributed by atoms with Crippen LogP contribution in [0, 0.1) is 0 Å². The third kappa shape index (κ3) is 2.08. The Kier molecular flexibility index (Phi) is 3.54. The molecule has 0 aliphatic rings. The Hall–Kier alpha value is -1.39. The average molecular weight is 234 g/mol. The van der Waals surface area contributed by atoms with Crippen molar-refractivity contribution in [2.24, 2.45) is 0 Å². The summed E-state index contributed by atoms with van der Waals surface area (Å²) in [5.74, 6) is 0.898. The van der Waals surface area contributed by atoms with E-state index in [1.54, 1.807) is 18.4 Å². The molecule has 0 saturated heterocycles. The summed E-state index contributed by atoms with van der Waals surface area (Å²) < 4.78 is 5.37. The summed E-state index contributed by atoms with van der Waals surface area (Å²) in [5, 5.41) is 3.29. The molecule has 1 aromatic heterocycles. The van der Waals surface area contributed by atoms with E-state index in [0.29, 0.717) is 0 Å². The molecule has 0 aliphatic heterocycles. The van der Waals surface area contributed by atoms with Crippen molar-refractivity contribution in [3.8, 4) is 5.75 Å². The normalized spacial score (nSPS) is 12.4. The Bertz CT molecular complexity index is 442. The zero-order chi connectivity index (χ0) is 11.4. The molecular formula is C12H14N2OS. The third-order valence-corrected chi connectivity index (χ3v) is 3.31. The Labute approximate surface area is 99.1 Å². The molecule has 2 rings (SSSR count). The van der Waals surface area contributed by atoms with Crippen LogP contribution in [0.15, 0.2) is 36.0 Å². The van der Waals surface area contributed by atoms with Crippen LogP contribution in [0.3, 0.4) is 0 Å². The first-order chi connectivity index (χ1) is 7.86. The number of para-hydroxylation sites is 1. The molecule has 84 valence electrons. The number of nitrogens with zero attached hydrogens (tertiary/aromatic N) is 1. The van der Waals surface area contributed by atoms with Crippen LogP contribution in [0.4, 0.5) is 0 Å². The SMILES string of the molecule is CNC(c1cncs1)c1ccccc1OC. The Morgan fingerprint density at radius 2 is 2.19 bits per heavy atom.